The van der Waals surface area contributed by atoms with Gasteiger partial charge in [0.2, 0.25) is 0 Å². The Morgan fingerprint density at radius 2 is 2.00 bits per heavy atom. The third-order valence-corrected chi connectivity index (χ3v) is 4.01. The molecule has 4 heteroatoms. The van der Waals surface area contributed by atoms with Gasteiger partial charge in [-0.3, -0.25) is 0 Å². The number of aromatic nitrogens is 1. The Hall–Kier alpha value is -1.26. The molecule has 1 N–H and O–H groups in total. The van der Waals surface area contributed by atoms with Crippen molar-refractivity contribution >= 4 is 11.3 Å². The molecule has 0 saturated heterocycles. The highest BCUT2D eigenvalue weighted by atomic mass is 32.1. The molecule has 0 aliphatic rings. The number of hydrogen-bond acceptors (Lipinski definition) is 3. The van der Waals surface area contributed by atoms with Crippen LogP contribution < -0.4 is 0 Å². The molecule has 2 aromatic rings. The van der Waals surface area contributed by atoms with Crippen molar-refractivity contribution in [2.24, 2.45) is 0 Å². The second-order valence-corrected chi connectivity index (χ2v) is 7.10. The lowest BCUT2D eigenvalue weighted by Gasteiger charge is -2.14. The van der Waals surface area contributed by atoms with Gasteiger partial charge in [0.1, 0.15) is 5.82 Å². The summed E-state index contributed by atoms with van der Waals surface area (Å²) in [5.41, 5.74) is 2.46. The summed E-state index contributed by atoms with van der Waals surface area (Å²) < 4.78 is 13.4. The maximum atomic E-state index is 13.4. The molecule has 20 heavy (non-hydrogen) atoms. The number of aliphatic hydroxyl groups is 1. The first-order valence-electron chi connectivity index (χ1n) is 6.66. The van der Waals surface area contributed by atoms with Crippen molar-refractivity contribution in [2.75, 3.05) is 0 Å². The average Bonchev–Trinajstić information content (AvgIpc) is 2.75. The fourth-order valence-electron chi connectivity index (χ4n) is 1.99. The van der Waals surface area contributed by atoms with Crippen molar-refractivity contribution < 1.29 is 9.50 Å². The summed E-state index contributed by atoms with van der Waals surface area (Å²) in [6.45, 7) is 8.15. The van der Waals surface area contributed by atoms with Gasteiger partial charge in [0.25, 0.3) is 0 Å². The monoisotopic (exact) mass is 293 g/mol. The van der Waals surface area contributed by atoms with Crippen LogP contribution in [0.25, 0.3) is 0 Å². The van der Waals surface area contributed by atoms with Crippen molar-refractivity contribution in [3.05, 3.63) is 51.2 Å². The van der Waals surface area contributed by atoms with Crippen molar-refractivity contribution in [3.63, 3.8) is 0 Å². The van der Waals surface area contributed by atoms with Gasteiger partial charge in [-0.2, -0.15) is 0 Å². The highest BCUT2D eigenvalue weighted by Gasteiger charge is 2.19. The van der Waals surface area contributed by atoms with E-state index in [1.165, 1.54) is 12.1 Å². The van der Waals surface area contributed by atoms with E-state index < -0.39 is 6.10 Å². The van der Waals surface area contributed by atoms with E-state index in [-0.39, 0.29) is 11.2 Å². The lowest BCUT2D eigenvalue weighted by molar-refractivity contribution is 0.177. The van der Waals surface area contributed by atoms with Gasteiger partial charge in [-0.1, -0.05) is 26.8 Å². The quantitative estimate of drug-likeness (QED) is 0.921. The van der Waals surface area contributed by atoms with E-state index in [0.717, 1.165) is 16.3 Å². The zero-order valence-corrected chi connectivity index (χ0v) is 13.1. The third-order valence-electron chi connectivity index (χ3n) is 3.14. The van der Waals surface area contributed by atoms with E-state index in [1.807, 2.05) is 18.4 Å². The standard InChI is InChI=1S/C16H20FNOS/c1-10-5-11(7-12(17)6-10)13(19)8-15-18-14(9-20-15)16(2,3)4/h5-7,9,13,19H,8H2,1-4H3. The summed E-state index contributed by atoms with van der Waals surface area (Å²) >= 11 is 1.54. The Morgan fingerprint density at radius 3 is 2.55 bits per heavy atom. The van der Waals surface area contributed by atoms with E-state index in [4.69, 9.17) is 0 Å². The van der Waals surface area contributed by atoms with Crippen molar-refractivity contribution in [1.82, 2.24) is 4.98 Å². The molecule has 2 rings (SSSR count). The zero-order chi connectivity index (χ0) is 14.9. The van der Waals surface area contributed by atoms with Crippen LogP contribution in [0.2, 0.25) is 0 Å². The summed E-state index contributed by atoms with van der Waals surface area (Å²) in [6.07, 6.45) is -0.299. The molecule has 0 radical (unpaired) electrons. The van der Waals surface area contributed by atoms with Gasteiger partial charge >= 0.3 is 0 Å². The molecule has 1 unspecified atom stereocenters. The maximum Gasteiger partial charge on any atom is 0.123 e. The predicted molar refractivity (Wildman–Crippen MR) is 80.6 cm³/mol. The van der Waals surface area contributed by atoms with Crippen LogP contribution in [0.5, 0.6) is 0 Å². The van der Waals surface area contributed by atoms with Gasteiger partial charge in [0.05, 0.1) is 16.8 Å². The Labute approximate surface area is 123 Å². The van der Waals surface area contributed by atoms with E-state index in [1.54, 1.807) is 11.3 Å². The molecule has 0 bridgehead atoms. The number of halogens is 1. The first-order valence-corrected chi connectivity index (χ1v) is 7.54. The molecule has 0 spiro atoms. The van der Waals surface area contributed by atoms with Gasteiger partial charge in [0, 0.05) is 17.2 Å². The summed E-state index contributed by atoms with van der Waals surface area (Å²) in [7, 11) is 0. The lowest BCUT2D eigenvalue weighted by atomic mass is 9.93. The van der Waals surface area contributed by atoms with E-state index in [9.17, 15) is 9.50 Å². The Bertz CT molecular complexity index is 581. The van der Waals surface area contributed by atoms with Gasteiger partial charge < -0.3 is 5.11 Å². The fourth-order valence-corrected chi connectivity index (χ4v) is 3.05. The summed E-state index contributed by atoms with van der Waals surface area (Å²) in [4.78, 5) is 4.56. The number of hydrogen-bond donors (Lipinski definition) is 1. The van der Waals surface area contributed by atoms with Gasteiger partial charge in [-0.15, -0.1) is 11.3 Å². The number of nitrogens with zero attached hydrogens (tertiary/aromatic N) is 1. The van der Waals surface area contributed by atoms with Crippen LogP contribution in [0.15, 0.2) is 23.6 Å². The second-order valence-electron chi connectivity index (χ2n) is 6.16. The van der Waals surface area contributed by atoms with Crippen LogP contribution in [0.4, 0.5) is 4.39 Å². The lowest BCUT2D eigenvalue weighted by Crippen LogP contribution is -2.12. The molecule has 0 aliphatic carbocycles. The third kappa shape index (κ3) is 3.64. The molecule has 1 aromatic carbocycles. The Morgan fingerprint density at radius 1 is 1.30 bits per heavy atom. The smallest absolute Gasteiger partial charge is 0.123 e. The second kappa shape index (κ2) is 5.62. The van der Waals surface area contributed by atoms with Gasteiger partial charge in [-0.05, 0) is 30.2 Å². The van der Waals surface area contributed by atoms with Crippen LogP contribution in [0.3, 0.4) is 0 Å². The van der Waals surface area contributed by atoms with Crippen LogP contribution in [0, 0.1) is 12.7 Å². The fraction of sp³-hybridized carbons (Fsp3) is 0.438. The Balaban J connectivity index is 2.15. The van der Waals surface area contributed by atoms with Crippen LogP contribution in [0.1, 0.15) is 48.7 Å². The molecule has 0 amide bonds. The summed E-state index contributed by atoms with van der Waals surface area (Å²) in [5.74, 6) is -0.312. The van der Waals surface area contributed by atoms with Gasteiger partial charge in [0.15, 0.2) is 0 Å². The molecule has 1 heterocycles. The first kappa shape index (κ1) is 15.1. The minimum atomic E-state index is -0.719. The van der Waals surface area contributed by atoms with E-state index in [0.29, 0.717) is 12.0 Å². The van der Waals surface area contributed by atoms with Crippen LogP contribution >= 0.6 is 11.3 Å². The molecule has 108 valence electrons. The SMILES string of the molecule is Cc1cc(F)cc(C(O)Cc2nc(C(C)(C)C)cs2)c1. The Kier molecular flexibility index (Phi) is 4.25. The van der Waals surface area contributed by atoms with Crippen molar-refractivity contribution in [2.45, 2.75) is 45.6 Å². The minimum absolute atomic E-state index is 0.00907. The minimum Gasteiger partial charge on any atom is -0.388 e. The van der Waals surface area contributed by atoms with E-state index in [2.05, 4.69) is 25.8 Å². The normalized spacial score (nSPS) is 13.5. The molecule has 0 saturated carbocycles. The molecule has 2 nitrogen and oxygen atoms in total. The zero-order valence-electron chi connectivity index (χ0n) is 12.3. The molecular weight excluding hydrogens is 273 g/mol. The van der Waals surface area contributed by atoms with Crippen LogP contribution in [-0.4, -0.2) is 10.1 Å². The van der Waals surface area contributed by atoms with E-state index >= 15 is 0 Å². The summed E-state index contributed by atoms with van der Waals surface area (Å²) in [6, 6.07) is 4.65. The number of aryl methyl sites for hydroxylation is 1. The van der Waals surface area contributed by atoms with Gasteiger partial charge in [-0.25, -0.2) is 9.37 Å². The molecule has 0 fully saturated rings. The molecular formula is C16H20FNOS. The van der Waals surface area contributed by atoms with Crippen LogP contribution in [-0.2, 0) is 11.8 Å². The largest absolute Gasteiger partial charge is 0.388 e. The predicted octanol–water partition coefficient (Wildman–Crippen LogP) is 4.16. The number of benzene rings is 1. The number of rotatable bonds is 3. The summed E-state index contributed by atoms with van der Waals surface area (Å²) in [5, 5.41) is 13.1. The highest BCUT2D eigenvalue weighted by Crippen LogP contribution is 2.27. The van der Waals surface area contributed by atoms with Crippen molar-refractivity contribution in [3.8, 4) is 0 Å². The molecule has 0 aliphatic heterocycles. The molecule has 1 atom stereocenters. The number of aliphatic hydroxyl groups excluding tert-OH is 1. The van der Waals surface area contributed by atoms with Crippen molar-refractivity contribution in [1.29, 1.82) is 0 Å². The topological polar surface area (TPSA) is 33.1 Å². The maximum absolute atomic E-state index is 13.4. The number of thiazole rings is 1. The highest BCUT2D eigenvalue weighted by molar-refractivity contribution is 7.09. The molecule has 1 aromatic heterocycles. The average molecular weight is 293 g/mol. The first-order chi connectivity index (χ1) is 9.25.